The van der Waals surface area contributed by atoms with Crippen LogP contribution < -0.4 is 5.73 Å². The standard InChI is InChI=1S/C11H17N5O/c1-7(2)11(12)9-4-13-6-16(9)5-10-14-8(3)15-17-10/h4,6-7,11H,5,12H2,1-3H3. The van der Waals surface area contributed by atoms with Gasteiger partial charge < -0.3 is 14.8 Å². The first kappa shape index (κ1) is 11.8. The summed E-state index contributed by atoms with van der Waals surface area (Å²) in [5, 5.41) is 3.76. The van der Waals surface area contributed by atoms with E-state index >= 15 is 0 Å². The van der Waals surface area contributed by atoms with E-state index in [9.17, 15) is 0 Å². The smallest absolute Gasteiger partial charge is 0.246 e. The van der Waals surface area contributed by atoms with Gasteiger partial charge in [0.15, 0.2) is 5.82 Å². The summed E-state index contributed by atoms with van der Waals surface area (Å²) >= 11 is 0. The van der Waals surface area contributed by atoms with Crippen molar-refractivity contribution in [2.75, 3.05) is 0 Å². The molecule has 6 nitrogen and oxygen atoms in total. The first-order chi connectivity index (χ1) is 8.08. The lowest BCUT2D eigenvalue weighted by molar-refractivity contribution is 0.363. The predicted octanol–water partition coefficient (Wildman–Crippen LogP) is 1.28. The van der Waals surface area contributed by atoms with E-state index in [0.29, 0.717) is 24.2 Å². The highest BCUT2D eigenvalue weighted by Gasteiger charge is 2.16. The molecule has 0 bridgehead atoms. The van der Waals surface area contributed by atoms with Crippen molar-refractivity contribution in [1.29, 1.82) is 0 Å². The zero-order valence-corrected chi connectivity index (χ0v) is 10.3. The number of hydrogen-bond donors (Lipinski definition) is 1. The highest BCUT2D eigenvalue weighted by Crippen LogP contribution is 2.18. The number of aromatic nitrogens is 4. The molecule has 0 fully saturated rings. The Morgan fingerprint density at radius 2 is 2.24 bits per heavy atom. The third-order valence-electron chi connectivity index (χ3n) is 2.68. The van der Waals surface area contributed by atoms with Crippen LogP contribution in [-0.4, -0.2) is 19.7 Å². The molecule has 0 saturated carbocycles. The van der Waals surface area contributed by atoms with Crippen LogP contribution in [-0.2, 0) is 6.54 Å². The van der Waals surface area contributed by atoms with Gasteiger partial charge in [0.05, 0.1) is 12.0 Å². The Balaban J connectivity index is 2.19. The van der Waals surface area contributed by atoms with E-state index in [4.69, 9.17) is 10.3 Å². The summed E-state index contributed by atoms with van der Waals surface area (Å²) in [7, 11) is 0. The van der Waals surface area contributed by atoms with E-state index in [2.05, 4.69) is 29.0 Å². The third-order valence-corrected chi connectivity index (χ3v) is 2.68. The number of rotatable bonds is 4. The average molecular weight is 235 g/mol. The quantitative estimate of drug-likeness (QED) is 0.863. The van der Waals surface area contributed by atoms with Crippen molar-refractivity contribution in [3.05, 3.63) is 29.9 Å². The second kappa shape index (κ2) is 4.67. The van der Waals surface area contributed by atoms with Gasteiger partial charge in [-0.3, -0.25) is 0 Å². The molecule has 2 aromatic heterocycles. The van der Waals surface area contributed by atoms with Crippen molar-refractivity contribution in [2.45, 2.75) is 33.4 Å². The molecule has 92 valence electrons. The fourth-order valence-electron chi connectivity index (χ4n) is 1.63. The molecule has 0 radical (unpaired) electrons. The SMILES string of the molecule is Cc1noc(Cn2cncc2C(N)C(C)C)n1. The minimum Gasteiger partial charge on any atom is -0.337 e. The van der Waals surface area contributed by atoms with Crippen LogP contribution in [0.25, 0.3) is 0 Å². The van der Waals surface area contributed by atoms with Gasteiger partial charge in [0.25, 0.3) is 0 Å². The van der Waals surface area contributed by atoms with Gasteiger partial charge in [0.2, 0.25) is 5.89 Å². The zero-order chi connectivity index (χ0) is 12.4. The number of nitrogens with two attached hydrogens (primary N) is 1. The molecule has 0 aliphatic rings. The van der Waals surface area contributed by atoms with Crippen LogP contribution in [0.2, 0.25) is 0 Å². The van der Waals surface area contributed by atoms with E-state index in [1.54, 1.807) is 19.4 Å². The number of aryl methyl sites for hydroxylation is 1. The van der Waals surface area contributed by atoms with Gasteiger partial charge in [-0.1, -0.05) is 19.0 Å². The van der Waals surface area contributed by atoms with Crippen molar-refractivity contribution in [1.82, 2.24) is 19.7 Å². The molecular weight excluding hydrogens is 218 g/mol. The normalized spacial score (nSPS) is 13.2. The molecule has 17 heavy (non-hydrogen) atoms. The Morgan fingerprint density at radius 3 is 2.82 bits per heavy atom. The van der Waals surface area contributed by atoms with Crippen LogP contribution in [0.4, 0.5) is 0 Å². The topological polar surface area (TPSA) is 82.8 Å². The molecule has 0 aliphatic carbocycles. The zero-order valence-electron chi connectivity index (χ0n) is 10.3. The van der Waals surface area contributed by atoms with Crippen LogP contribution in [0, 0.1) is 12.8 Å². The minimum absolute atomic E-state index is 0.0403. The minimum atomic E-state index is -0.0403. The van der Waals surface area contributed by atoms with Crippen LogP contribution >= 0.6 is 0 Å². The maximum absolute atomic E-state index is 6.11. The molecular formula is C11H17N5O. The van der Waals surface area contributed by atoms with E-state index in [1.165, 1.54) is 0 Å². The Labute approximate surface area is 99.8 Å². The van der Waals surface area contributed by atoms with E-state index < -0.39 is 0 Å². The molecule has 2 aromatic rings. The van der Waals surface area contributed by atoms with Crippen molar-refractivity contribution in [3.63, 3.8) is 0 Å². The second-order valence-electron chi connectivity index (χ2n) is 4.45. The summed E-state index contributed by atoms with van der Waals surface area (Å²) in [5.41, 5.74) is 7.10. The third kappa shape index (κ3) is 2.52. The lowest BCUT2D eigenvalue weighted by Crippen LogP contribution is -2.20. The first-order valence-corrected chi connectivity index (χ1v) is 5.62. The Hall–Kier alpha value is -1.69. The van der Waals surface area contributed by atoms with Gasteiger partial charge in [0, 0.05) is 12.2 Å². The maximum Gasteiger partial charge on any atom is 0.246 e. The Kier molecular flexibility index (Phi) is 3.23. The molecule has 2 heterocycles. The Morgan fingerprint density at radius 1 is 1.47 bits per heavy atom. The van der Waals surface area contributed by atoms with Gasteiger partial charge in [-0.05, 0) is 12.8 Å². The molecule has 1 unspecified atom stereocenters. The van der Waals surface area contributed by atoms with Crippen LogP contribution in [0.1, 0.15) is 37.3 Å². The summed E-state index contributed by atoms with van der Waals surface area (Å²) in [5.74, 6) is 1.56. The van der Waals surface area contributed by atoms with Crippen LogP contribution in [0.15, 0.2) is 17.0 Å². The van der Waals surface area contributed by atoms with E-state index in [1.807, 2.05) is 4.57 Å². The first-order valence-electron chi connectivity index (χ1n) is 5.62. The number of imidazole rings is 1. The molecule has 0 aromatic carbocycles. The van der Waals surface area contributed by atoms with Crippen molar-refractivity contribution >= 4 is 0 Å². The molecule has 0 amide bonds. The van der Waals surface area contributed by atoms with Gasteiger partial charge in [-0.15, -0.1) is 0 Å². The van der Waals surface area contributed by atoms with Gasteiger partial charge >= 0.3 is 0 Å². The molecule has 2 rings (SSSR count). The summed E-state index contributed by atoms with van der Waals surface area (Å²) in [6.45, 7) is 6.47. The molecule has 1 atom stereocenters. The highest BCUT2D eigenvalue weighted by molar-refractivity contribution is 5.06. The summed E-state index contributed by atoms with van der Waals surface area (Å²) in [4.78, 5) is 8.29. The maximum atomic E-state index is 6.11. The lowest BCUT2D eigenvalue weighted by Gasteiger charge is -2.16. The monoisotopic (exact) mass is 235 g/mol. The molecule has 2 N–H and O–H groups in total. The predicted molar refractivity (Wildman–Crippen MR) is 62.1 cm³/mol. The van der Waals surface area contributed by atoms with Crippen LogP contribution in [0.3, 0.4) is 0 Å². The lowest BCUT2D eigenvalue weighted by atomic mass is 10.0. The van der Waals surface area contributed by atoms with Crippen molar-refractivity contribution < 1.29 is 4.52 Å². The molecule has 0 aliphatic heterocycles. The largest absolute Gasteiger partial charge is 0.337 e. The number of nitrogens with zero attached hydrogens (tertiary/aromatic N) is 4. The fourth-order valence-corrected chi connectivity index (χ4v) is 1.63. The summed E-state index contributed by atoms with van der Waals surface area (Å²) in [6.07, 6.45) is 3.52. The van der Waals surface area contributed by atoms with Crippen LogP contribution in [0.5, 0.6) is 0 Å². The summed E-state index contributed by atoms with van der Waals surface area (Å²) in [6, 6.07) is -0.0403. The Bertz CT molecular complexity index is 488. The highest BCUT2D eigenvalue weighted by atomic mass is 16.5. The molecule has 0 saturated heterocycles. The van der Waals surface area contributed by atoms with Gasteiger partial charge in [0.1, 0.15) is 6.54 Å². The average Bonchev–Trinajstić information content (AvgIpc) is 2.87. The molecule has 0 spiro atoms. The van der Waals surface area contributed by atoms with Gasteiger partial charge in [-0.2, -0.15) is 4.98 Å². The van der Waals surface area contributed by atoms with Crippen molar-refractivity contribution in [3.8, 4) is 0 Å². The number of hydrogen-bond acceptors (Lipinski definition) is 5. The second-order valence-corrected chi connectivity index (χ2v) is 4.45. The van der Waals surface area contributed by atoms with E-state index in [-0.39, 0.29) is 6.04 Å². The van der Waals surface area contributed by atoms with Crippen molar-refractivity contribution in [2.24, 2.45) is 11.7 Å². The van der Waals surface area contributed by atoms with E-state index in [0.717, 1.165) is 5.69 Å². The fraction of sp³-hybridized carbons (Fsp3) is 0.545. The van der Waals surface area contributed by atoms with Gasteiger partial charge in [-0.25, -0.2) is 4.98 Å². The molecule has 6 heteroatoms. The summed E-state index contributed by atoms with van der Waals surface area (Å²) < 4.78 is 7.02.